The summed E-state index contributed by atoms with van der Waals surface area (Å²) in [7, 11) is -1.13. The fourth-order valence-corrected chi connectivity index (χ4v) is 4.08. The molecule has 1 aromatic carbocycles. The second kappa shape index (κ2) is 9.09. The van der Waals surface area contributed by atoms with E-state index in [1.54, 1.807) is 6.33 Å². The number of fused-ring (bicyclic) bond motifs is 1. The van der Waals surface area contributed by atoms with Crippen molar-refractivity contribution >= 4 is 25.0 Å². The van der Waals surface area contributed by atoms with Gasteiger partial charge in [-0.15, -0.1) is 0 Å². The van der Waals surface area contributed by atoms with Gasteiger partial charge in [0.15, 0.2) is 0 Å². The number of rotatable bonds is 10. The Kier molecular flexibility index (Phi) is 6.91. The van der Waals surface area contributed by atoms with Crippen LogP contribution in [0.1, 0.15) is 37.3 Å². The van der Waals surface area contributed by atoms with Crippen LogP contribution in [0, 0.1) is 5.92 Å². The number of amides is 1. The van der Waals surface area contributed by atoms with Crippen molar-refractivity contribution in [3.8, 4) is 0 Å². The van der Waals surface area contributed by atoms with Gasteiger partial charge in [-0.2, -0.15) is 13.2 Å². The third-order valence-electron chi connectivity index (χ3n) is 5.28. The number of nitrogens with zero attached hydrogens (tertiary/aromatic N) is 2. The van der Waals surface area contributed by atoms with Gasteiger partial charge in [0.2, 0.25) is 5.91 Å². The lowest BCUT2D eigenvalue weighted by Gasteiger charge is -2.19. The number of ether oxygens (including phenoxy) is 1. The van der Waals surface area contributed by atoms with Crippen LogP contribution in [0.3, 0.4) is 0 Å². The third kappa shape index (κ3) is 6.83. The number of halogens is 3. The smallest absolute Gasteiger partial charge is 0.361 e. The highest BCUT2D eigenvalue weighted by Gasteiger charge is 2.34. The van der Waals surface area contributed by atoms with Gasteiger partial charge in [0.25, 0.3) is 0 Å². The summed E-state index contributed by atoms with van der Waals surface area (Å²) in [6, 6.07) is 6.61. The molecule has 9 heteroatoms. The van der Waals surface area contributed by atoms with Gasteiger partial charge in [0.1, 0.15) is 6.73 Å². The zero-order valence-corrected chi connectivity index (χ0v) is 18.8. The number of hydrogen-bond donors (Lipinski definition) is 1. The van der Waals surface area contributed by atoms with Crippen LogP contribution < -0.4 is 5.32 Å². The topological polar surface area (TPSA) is 56.1 Å². The predicted molar refractivity (Wildman–Crippen MR) is 113 cm³/mol. The first-order valence-corrected chi connectivity index (χ1v) is 14.1. The van der Waals surface area contributed by atoms with Crippen LogP contribution >= 0.6 is 0 Å². The van der Waals surface area contributed by atoms with E-state index in [0.717, 1.165) is 42.1 Å². The molecule has 1 atom stereocenters. The van der Waals surface area contributed by atoms with Crippen molar-refractivity contribution in [3.63, 3.8) is 0 Å². The lowest BCUT2D eigenvalue weighted by atomic mass is 10.0. The second-order valence-electron chi connectivity index (χ2n) is 9.31. The zero-order valence-electron chi connectivity index (χ0n) is 17.8. The molecule has 2 aromatic rings. The van der Waals surface area contributed by atoms with Gasteiger partial charge in [-0.05, 0) is 42.5 Å². The van der Waals surface area contributed by atoms with Gasteiger partial charge < -0.3 is 14.6 Å². The number of benzene rings is 1. The highest BCUT2D eigenvalue weighted by atomic mass is 28.3. The molecule has 166 valence electrons. The average Bonchev–Trinajstić information content (AvgIpc) is 3.40. The maximum Gasteiger partial charge on any atom is 0.389 e. The van der Waals surface area contributed by atoms with Crippen LogP contribution in [0.2, 0.25) is 25.7 Å². The van der Waals surface area contributed by atoms with Gasteiger partial charge in [-0.3, -0.25) is 4.79 Å². The van der Waals surface area contributed by atoms with E-state index in [-0.39, 0.29) is 12.0 Å². The summed E-state index contributed by atoms with van der Waals surface area (Å²) in [5.74, 6) is -0.296. The van der Waals surface area contributed by atoms with E-state index in [9.17, 15) is 18.0 Å². The maximum atomic E-state index is 12.4. The molecule has 0 radical (unpaired) electrons. The van der Waals surface area contributed by atoms with Crippen LogP contribution in [0.4, 0.5) is 13.2 Å². The molecule has 1 aromatic heterocycles. The summed E-state index contributed by atoms with van der Waals surface area (Å²) < 4.78 is 44.9. The van der Waals surface area contributed by atoms with Crippen molar-refractivity contribution < 1.29 is 22.7 Å². The van der Waals surface area contributed by atoms with E-state index < -0.39 is 33.0 Å². The first kappa shape index (κ1) is 22.8. The largest absolute Gasteiger partial charge is 0.389 e. The Morgan fingerprint density at radius 1 is 1.33 bits per heavy atom. The number of carbonyl (C=O) groups is 1. The van der Waals surface area contributed by atoms with Crippen LogP contribution in [-0.2, 0) is 16.3 Å². The Morgan fingerprint density at radius 3 is 2.70 bits per heavy atom. The van der Waals surface area contributed by atoms with E-state index >= 15 is 0 Å². The predicted octanol–water partition coefficient (Wildman–Crippen LogP) is 5.26. The molecule has 1 heterocycles. The molecule has 1 N–H and O–H groups in total. The lowest BCUT2D eigenvalue weighted by molar-refractivity contribution is -0.144. The lowest BCUT2D eigenvalue weighted by Crippen LogP contribution is -2.30. The van der Waals surface area contributed by atoms with Crippen LogP contribution in [0.25, 0.3) is 11.0 Å². The third-order valence-corrected chi connectivity index (χ3v) is 6.98. The fourth-order valence-electron chi connectivity index (χ4n) is 3.32. The van der Waals surface area contributed by atoms with Gasteiger partial charge in [0, 0.05) is 21.1 Å². The van der Waals surface area contributed by atoms with Crippen molar-refractivity contribution in [2.45, 2.75) is 70.3 Å². The summed E-state index contributed by atoms with van der Waals surface area (Å²) in [5.41, 5.74) is 2.61. The summed E-state index contributed by atoms with van der Waals surface area (Å²) in [4.78, 5) is 16.5. The van der Waals surface area contributed by atoms with Crippen molar-refractivity contribution in [3.05, 3.63) is 30.1 Å². The molecule has 30 heavy (non-hydrogen) atoms. The number of hydrogen-bond acceptors (Lipinski definition) is 3. The summed E-state index contributed by atoms with van der Waals surface area (Å²) >= 11 is 0. The molecule has 1 amide bonds. The Bertz CT molecular complexity index is 872. The molecule has 1 aliphatic carbocycles. The Morgan fingerprint density at radius 2 is 2.07 bits per heavy atom. The molecule has 0 aliphatic heterocycles. The molecule has 0 spiro atoms. The molecule has 0 bridgehead atoms. The number of aromatic nitrogens is 2. The molecule has 1 saturated carbocycles. The average molecular weight is 442 g/mol. The van der Waals surface area contributed by atoms with Gasteiger partial charge in [0.05, 0.1) is 29.8 Å². The normalized spacial score (nSPS) is 16.1. The van der Waals surface area contributed by atoms with Crippen molar-refractivity contribution in [2.75, 3.05) is 6.61 Å². The van der Waals surface area contributed by atoms with Crippen molar-refractivity contribution in [1.29, 1.82) is 0 Å². The Balaban J connectivity index is 1.64. The number of imidazole rings is 1. The SMILES string of the molecule is C[Si](C)(C)CCOCn1cnc2cc([C@H](NC(=O)CCC(F)(F)F)C3CC3)ccc21. The van der Waals surface area contributed by atoms with Crippen LogP contribution in [0.5, 0.6) is 0 Å². The molecule has 3 rings (SSSR count). The van der Waals surface area contributed by atoms with E-state index in [4.69, 9.17) is 4.74 Å². The molecular weight excluding hydrogens is 411 g/mol. The van der Waals surface area contributed by atoms with E-state index in [1.807, 2.05) is 22.8 Å². The number of carbonyl (C=O) groups excluding carboxylic acids is 1. The minimum absolute atomic E-state index is 0.268. The molecule has 0 saturated heterocycles. The first-order chi connectivity index (χ1) is 14.0. The van der Waals surface area contributed by atoms with Crippen molar-refractivity contribution in [2.24, 2.45) is 5.92 Å². The fraction of sp³-hybridized carbons (Fsp3) is 0.619. The first-order valence-electron chi connectivity index (χ1n) is 10.4. The molecule has 0 unspecified atom stereocenters. The van der Waals surface area contributed by atoms with E-state index in [1.165, 1.54) is 0 Å². The number of nitrogens with one attached hydrogen (secondary N) is 1. The highest BCUT2D eigenvalue weighted by molar-refractivity contribution is 6.76. The molecule has 1 aliphatic rings. The summed E-state index contributed by atoms with van der Waals surface area (Å²) in [6.45, 7) is 8.08. The number of alkyl halides is 3. The Labute approximate surface area is 176 Å². The highest BCUT2D eigenvalue weighted by Crippen LogP contribution is 2.41. The molecular formula is C21H30F3N3O2Si. The second-order valence-corrected chi connectivity index (χ2v) is 14.9. The standard InChI is InChI=1S/C21H30F3N3O2Si/c1-30(2,3)11-10-29-14-27-13-25-17-12-16(6-7-18(17)27)20(15-4-5-15)26-19(28)8-9-21(22,23)24/h6-7,12-13,15,20H,4-5,8-11,14H2,1-3H3,(H,26,28)/t20-/m1/s1. The summed E-state index contributed by atoms with van der Waals surface area (Å²) in [5, 5.41) is 2.80. The minimum atomic E-state index is -4.32. The van der Waals surface area contributed by atoms with Crippen LogP contribution in [-0.4, -0.2) is 36.3 Å². The van der Waals surface area contributed by atoms with E-state index in [0.29, 0.717) is 6.73 Å². The maximum absolute atomic E-state index is 12.4. The van der Waals surface area contributed by atoms with Crippen LogP contribution in [0.15, 0.2) is 24.5 Å². The quantitative estimate of drug-likeness (QED) is 0.404. The van der Waals surface area contributed by atoms with Crippen molar-refractivity contribution in [1.82, 2.24) is 14.9 Å². The van der Waals surface area contributed by atoms with Gasteiger partial charge in [-0.1, -0.05) is 25.7 Å². The minimum Gasteiger partial charge on any atom is -0.361 e. The molecule has 1 fully saturated rings. The van der Waals surface area contributed by atoms with Gasteiger partial charge in [-0.25, -0.2) is 4.98 Å². The Hall–Kier alpha value is -1.87. The molecule has 5 nitrogen and oxygen atoms in total. The summed E-state index contributed by atoms with van der Waals surface area (Å²) in [6.07, 6.45) is -2.31. The zero-order chi connectivity index (χ0) is 21.9. The van der Waals surface area contributed by atoms with Gasteiger partial charge >= 0.3 is 6.18 Å². The monoisotopic (exact) mass is 441 g/mol. The van der Waals surface area contributed by atoms with E-state index in [2.05, 4.69) is 29.9 Å².